The molecule has 0 fully saturated rings. The Kier molecular flexibility index (Phi) is 4.68. The average molecular weight is 401 g/mol. The van der Waals surface area contributed by atoms with E-state index in [-0.39, 0.29) is 18.2 Å². The van der Waals surface area contributed by atoms with Crippen LogP contribution in [0.3, 0.4) is 0 Å². The number of imidazole rings is 1. The Morgan fingerprint density at radius 1 is 1.14 bits per heavy atom. The lowest BCUT2D eigenvalue weighted by Gasteiger charge is -2.19. The number of carbonyl (C=O) groups excluding carboxylic acids is 1. The number of amides is 1. The van der Waals surface area contributed by atoms with Gasteiger partial charge in [0.25, 0.3) is 0 Å². The summed E-state index contributed by atoms with van der Waals surface area (Å²) in [5, 5.41) is 2.81. The van der Waals surface area contributed by atoms with Crippen LogP contribution in [0, 0.1) is 0 Å². The van der Waals surface area contributed by atoms with Gasteiger partial charge in [-0.2, -0.15) is 0 Å². The molecular formula is C19H19N3O5S. The van der Waals surface area contributed by atoms with Crippen LogP contribution in [-0.2, 0) is 26.9 Å². The molecule has 146 valence electrons. The van der Waals surface area contributed by atoms with Crippen molar-refractivity contribution in [1.29, 1.82) is 0 Å². The normalized spacial score (nSPS) is 13.5. The smallest absolute Gasteiger partial charge is 0.244 e. The summed E-state index contributed by atoms with van der Waals surface area (Å²) in [6, 6.07) is 12.4. The first-order valence-electron chi connectivity index (χ1n) is 8.70. The van der Waals surface area contributed by atoms with Gasteiger partial charge in [0.15, 0.2) is 21.3 Å². The molecule has 1 aliphatic rings. The minimum absolute atomic E-state index is 0.0557. The van der Waals surface area contributed by atoms with Gasteiger partial charge in [0.05, 0.1) is 11.0 Å². The molecule has 0 spiro atoms. The lowest BCUT2D eigenvalue weighted by atomic mass is 10.2. The highest BCUT2D eigenvalue weighted by atomic mass is 32.2. The molecule has 1 aromatic heterocycles. The number of anilines is 1. The summed E-state index contributed by atoms with van der Waals surface area (Å²) >= 11 is 0. The van der Waals surface area contributed by atoms with Gasteiger partial charge in [-0.05, 0) is 24.3 Å². The largest absolute Gasteiger partial charge is 0.486 e. The Morgan fingerprint density at radius 2 is 1.89 bits per heavy atom. The van der Waals surface area contributed by atoms with Gasteiger partial charge in [-0.1, -0.05) is 12.1 Å². The van der Waals surface area contributed by atoms with Crippen molar-refractivity contribution in [3.8, 4) is 11.5 Å². The number of fused-ring (bicyclic) bond motifs is 2. The van der Waals surface area contributed by atoms with Crippen LogP contribution in [-0.4, -0.2) is 43.3 Å². The second-order valence-corrected chi connectivity index (χ2v) is 8.72. The van der Waals surface area contributed by atoms with Crippen LogP contribution in [0.2, 0.25) is 0 Å². The summed E-state index contributed by atoms with van der Waals surface area (Å²) in [6.07, 6.45) is 1.14. The topological polar surface area (TPSA) is 99.5 Å². The number of nitrogens with zero attached hydrogens (tertiary/aromatic N) is 2. The first-order valence-corrected chi connectivity index (χ1v) is 10.8. The summed E-state index contributed by atoms with van der Waals surface area (Å²) < 4.78 is 36.2. The molecule has 0 unspecified atom stereocenters. The molecule has 2 heterocycles. The Bertz CT molecular complexity index is 1150. The zero-order valence-corrected chi connectivity index (χ0v) is 16.0. The quantitative estimate of drug-likeness (QED) is 0.702. The maximum absolute atomic E-state index is 12.6. The van der Waals surface area contributed by atoms with E-state index >= 15 is 0 Å². The van der Waals surface area contributed by atoms with E-state index in [1.165, 1.54) is 0 Å². The molecule has 4 rings (SSSR count). The van der Waals surface area contributed by atoms with Crippen molar-refractivity contribution in [3.63, 3.8) is 0 Å². The monoisotopic (exact) mass is 401 g/mol. The SMILES string of the molecule is CS(=O)(=O)Cc1nc2ccccc2n1CC(=O)Nc1ccc2c(c1)OCCO2. The molecule has 1 aliphatic heterocycles. The third kappa shape index (κ3) is 3.94. The highest BCUT2D eigenvalue weighted by Crippen LogP contribution is 2.32. The molecule has 0 saturated heterocycles. The summed E-state index contributed by atoms with van der Waals surface area (Å²) in [6.45, 7) is 0.898. The van der Waals surface area contributed by atoms with E-state index in [2.05, 4.69) is 10.3 Å². The van der Waals surface area contributed by atoms with Crippen molar-refractivity contribution < 1.29 is 22.7 Å². The molecule has 2 aromatic carbocycles. The fourth-order valence-electron chi connectivity index (χ4n) is 3.11. The fourth-order valence-corrected chi connectivity index (χ4v) is 3.80. The summed E-state index contributed by atoms with van der Waals surface area (Å²) in [5.41, 5.74) is 1.93. The third-order valence-corrected chi connectivity index (χ3v) is 5.04. The number of aromatic nitrogens is 2. The van der Waals surface area contributed by atoms with Crippen LogP contribution in [0.5, 0.6) is 11.5 Å². The number of benzene rings is 2. The second-order valence-electron chi connectivity index (χ2n) is 6.58. The van der Waals surface area contributed by atoms with Crippen LogP contribution >= 0.6 is 0 Å². The molecule has 0 aliphatic carbocycles. The van der Waals surface area contributed by atoms with Gasteiger partial charge in [0.2, 0.25) is 5.91 Å². The maximum Gasteiger partial charge on any atom is 0.244 e. The van der Waals surface area contributed by atoms with Gasteiger partial charge in [-0.3, -0.25) is 4.79 Å². The predicted octanol–water partition coefficient (Wildman–Crippen LogP) is 1.99. The first-order chi connectivity index (χ1) is 13.4. The zero-order valence-electron chi connectivity index (χ0n) is 15.2. The van der Waals surface area contributed by atoms with Gasteiger partial charge < -0.3 is 19.4 Å². The minimum Gasteiger partial charge on any atom is -0.486 e. The van der Waals surface area contributed by atoms with E-state index in [9.17, 15) is 13.2 Å². The number of rotatable bonds is 5. The van der Waals surface area contributed by atoms with Crippen molar-refractivity contribution >= 4 is 32.5 Å². The average Bonchev–Trinajstić information content (AvgIpc) is 2.97. The Morgan fingerprint density at radius 3 is 2.68 bits per heavy atom. The second kappa shape index (κ2) is 7.16. The predicted molar refractivity (Wildman–Crippen MR) is 104 cm³/mol. The van der Waals surface area contributed by atoms with E-state index in [4.69, 9.17) is 9.47 Å². The number of ether oxygens (including phenoxy) is 2. The maximum atomic E-state index is 12.6. The van der Waals surface area contributed by atoms with Crippen molar-refractivity contribution in [2.24, 2.45) is 0 Å². The highest BCUT2D eigenvalue weighted by Gasteiger charge is 2.18. The van der Waals surface area contributed by atoms with E-state index in [1.807, 2.05) is 18.2 Å². The fraction of sp³-hybridized carbons (Fsp3) is 0.263. The van der Waals surface area contributed by atoms with Crippen molar-refractivity contribution in [1.82, 2.24) is 9.55 Å². The van der Waals surface area contributed by atoms with Crippen LogP contribution < -0.4 is 14.8 Å². The van der Waals surface area contributed by atoms with Crippen molar-refractivity contribution in [3.05, 3.63) is 48.3 Å². The molecule has 0 saturated carbocycles. The van der Waals surface area contributed by atoms with Crippen molar-refractivity contribution in [2.75, 3.05) is 24.8 Å². The summed E-state index contributed by atoms with van der Waals surface area (Å²) in [4.78, 5) is 17.0. The minimum atomic E-state index is -3.30. The molecule has 28 heavy (non-hydrogen) atoms. The number of para-hydroxylation sites is 2. The molecule has 1 amide bonds. The number of hydrogen-bond donors (Lipinski definition) is 1. The van der Waals surface area contributed by atoms with Crippen LogP contribution in [0.1, 0.15) is 5.82 Å². The molecule has 3 aromatic rings. The van der Waals surface area contributed by atoms with Gasteiger partial charge in [0.1, 0.15) is 31.3 Å². The lowest BCUT2D eigenvalue weighted by molar-refractivity contribution is -0.116. The van der Waals surface area contributed by atoms with E-state index in [1.54, 1.807) is 28.8 Å². The first kappa shape index (κ1) is 18.3. The van der Waals surface area contributed by atoms with Gasteiger partial charge in [-0.15, -0.1) is 0 Å². The summed E-state index contributed by atoms with van der Waals surface area (Å²) in [5.74, 6) is 1.02. The molecule has 0 radical (unpaired) electrons. The Balaban J connectivity index is 1.59. The van der Waals surface area contributed by atoms with E-state index in [0.29, 0.717) is 47.3 Å². The molecule has 1 N–H and O–H groups in total. The van der Waals surface area contributed by atoms with Gasteiger partial charge in [-0.25, -0.2) is 13.4 Å². The molecule has 9 heteroatoms. The molecular weight excluding hydrogens is 382 g/mol. The van der Waals surface area contributed by atoms with E-state index < -0.39 is 9.84 Å². The Hall–Kier alpha value is -3.07. The van der Waals surface area contributed by atoms with Crippen LogP contribution in [0.4, 0.5) is 5.69 Å². The van der Waals surface area contributed by atoms with Crippen molar-refractivity contribution in [2.45, 2.75) is 12.3 Å². The molecule has 0 atom stereocenters. The lowest BCUT2D eigenvalue weighted by Crippen LogP contribution is -2.21. The number of sulfone groups is 1. The Labute approximate surface area is 162 Å². The standard InChI is InChI=1S/C19H19N3O5S/c1-28(24,25)12-18-21-14-4-2-3-5-15(14)22(18)11-19(23)20-13-6-7-16-17(10-13)27-9-8-26-16/h2-7,10H,8-9,11-12H2,1H3,(H,20,23). The summed E-state index contributed by atoms with van der Waals surface area (Å²) in [7, 11) is -3.30. The highest BCUT2D eigenvalue weighted by molar-refractivity contribution is 7.89. The van der Waals surface area contributed by atoms with Crippen LogP contribution in [0.25, 0.3) is 11.0 Å². The number of hydrogen-bond acceptors (Lipinski definition) is 6. The third-order valence-electron chi connectivity index (χ3n) is 4.25. The van der Waals surface area contributed by atoms with Gasteiger partial charge >= 0.3 is 0 Å². The number of nitrogens with one attached hydrogen (secondary N) is 1. The van der Waals surface area contributed by atoms with Crippen LogP contribution in [0.15, 0.2) is 42.5 Å². The number of carbonyl (C=O) groups is 1. The molecule has 0 bridgehead atoms. The zero-order chi connectivity index (χ0) is 19.7. The van der Waals surface area contributed by atoms with Gasteiger partial charge in [0, 0.05) is 18.0 Å². The molecule has 8 nitrogen and oxygen atoms in total. The van der Waals surface area contributed by atoms with E-state index in [0.717, 1.165) is 6.26 Å².